The molecule has 2 N–H and O–H groups in total. The molecule has 0 spiro atoms. The summed E-state index contributed by atoms with van der Waals surface area (Å²) in [7, 11) is 1.24. The monoisotopic (exact) mass is 194 g/mol. The van der Waals surface area contributed by atoms with Gasteiger partial charge in [0.1, 0.15) is 11.6 Å². The number of hydrogen-bond donors (Lipinski definition) is 2. The summed E-state index contributed by atoms with van der Waals surface area (Å²) < 4.78 is 26.0. The molecule has 6 heteroatoms. The Bertz CT molecular complexity index is 223. The summed E-state index contributed by atoms with van der Waals surface area (Å²) in [5, 5.41) is 12.3. The van der Waals surface area contributed by atoms with Crippen LogP contribution in [0.1, 0.15) is 13.8 Å². The minimum Gasteiger partial charge on any atom is -0.409 e. The maximum Gasteiger partial charge on any atom is 0.242 e. The molecular weight excluding hydrogens is 182 g/mol. The summed E-state index contributed by atoms with van der Waals surface area (Å²) in [4.78, 5) is 11.0. The lowest BCUT2D eigenvalue weighted by molar-refractivity contribution is -0.126. The van der Waals surface area contributed by atoms with Gasteiger partial charge >= 0.3 is 0 Å². The number of carbonyl (C=O) groups is 1. The summed E-state index contributed by atoms with van der Waals surface area (Å²) in [5.74, 6) is -4.03. The van der Waals surface area contributed by atoms with Crippen molar-refractivity contribution < 1.29 is 18.8 Å². The van der Waals surface area contributed by atoms with Gasteiger partial charge in [-0.2, -0.15) is 4.39 Å². The minimum absolute atomic E-state index is 0.872. The van der Waals surface area contributed by atoms with Gasteiger partial charge < -0.3 is 10.5 Å². The Hall–Kier alpha value is -1.20. The first-order valence-electron chi connectivity index (χ1n) is 3.62. The SMILES string of the molecule is CNC(=O)C(C(F)=NO)C(C)(C)F. The molecule has 0 saturated heterocycles. The van der Waals surface area contributed by atoms with Crippen molar-refractivity contribution in [3.05, 3.63) is 0 Å². The highest BCUT2D eigenvalue weighted by molar-refractivity contribution is 6.00. The molecular formula is C7H12F2N2O2. The number of rotatable bonds is 3. The normalized spacial score (nSPS) is 15.3. The number of amides is 1. The zero-order valence-electron chi connectivity index (χ0n) is 7.64. The summed E-state index contributed by atoms with van der Waals surface area (Å²) in [6.07, 6.45) is 0. The van der Waals surface area contributed by atoms with E-state index in [4.69, 9.17) is 5.21 Å². The average molecular weight is 194 g/mol. The molecule has 76 valence electrons. The number of nitrogens with zero attached hydrogens (tertiary/aromatic N) is 1. The van der Waals surface area contributed by atoms with Crippen molar-refractivity contribution >= 4 is 11.9 Å². The Balaban J connectivity index is 4.88. The van der Waals surface area contributed by atoms with E-state index in [1.54, 1.807) is 0 Å². The molecule has 13 heavy (non-hydrogen) atoms. The van der Waals surface area contributed by atoms with E-state index in [1.807, 2.05) is 0 Å². The fourth-order valence-electron chi connectivity index (χ4n) is 0.905. The quantitative estimate of drug-likeness (QED) is 0.397. The zero-order valence-corrected chi connectivity index (χ0v) is 7.64. The highest BCUT2D eigenvalue weighted by Gasteiger charge is 2.40. The first kappa shape index (κ1) is 11.8. The Morgan fingerprint density at radius 2 is 2.08 bits per heavy atom. The molecule has 0 bridgehead atoms. The Labute approximate surface area is 74.6 Å². The molecule has 1 atom stereocenters. The summed E-state index contributed by atoms with van der Waals surface area (Å²) in [6.45, 7) is 2.05. The van der Waals surface area contributed by atoms with Crippen LogP contribution in [0.25, 0.3) is 0 Å². The topological polar surface area (TPSA) is 61.7 Å². The van der Waals surface area contributed by atoms with Gasteiger partial charge in [-0.3, -0.25) is 4.79 Å². The van der Waals surface area contributed by atoms with Gasteiger partial charge in [0.25, 0.3) is 0 Å². The number of oxime groups is 1. The van der Waals surface area contributed by atoms with E-state index >= 15 is 0 Å². The molecule has 0 aromatic rings. The van der Waals surface area contributed by atoms with Crippen LogP contribution in [0, 0.1) is 5.92 Å². The third-order valence-corrected chi connectivity index (χ3v) is 1.53. The predicted octanol–water partition coefficient (Wildman–Crippen LogP) is 0.854. The van der Waals surface area contributed by atoms with Crippen molar-refractivity contribution in [1.82, 2.24) is 5.32 Å². The van der Waals surface area contributed by atoms with Gasteiger partial charge in [0, 0.05) is 7.05 Å². The minimum atomic E-state index is -2.11. The lowest BCUT2D eigenvalue weighted by Crippen LogP contribution is -2.43. The lowest BCUT2D eigenvalue weighted by atomic mass is 9.92. The molecule has 0 aliphatic heterocycles. The number of carbonyl (C=O) groups excluding carboxylic acids is 1. The molecule has 1 amide bonds. The van der Waals surface area contributed by atoms with Crippen LogP contribution in [0.2, 0.25) is 0 Å². The second kappa shape index (κ2) is 4.15. The number of alkyl halides is 1. The maximum atomic E-state index is 13.2. The fourth-order valence-corrected chi connectivity index (χ4v) is 0.905. The van der Waals surface area contributed by atoms with Crippen molar-refractivity contribution in [2.24, 2.45) is 11.1 Å². The molecule has 1 unspecified atom stereocenters. The van der Waals surface area contributed by atoms with Crippen LogP contribution >= 0.6 is 0 Å². The third-order valence-electron chi connectivity index (χ3n) is 1.53. The van der Waals surface area contributed by atoms with Crippen molar-refractivity contribution in [2.45, 2.75) is 19.5 Å². The summed E-state index contributed by atoms with van der Waals surface area (Å²) >= 11 is 0. The molecule has 0 aliphatic rings. The van der Waals surface area contributed by atoms with Gasteiger partial charge in [-0.25, -0.2) is 4.39 Å². The van der Waals surface area contributed by atoms with Crippen molar-refractivity contribution in [2.75, 3.05) is 7.05 Å². The molecule has 0 aromatic heterocycles. The van der Waals surface area contributed by atoms with Crippen LogP contribution in [-0.2, 0) is 4.79 Å². The molecule has 0 radical (unpaired) electrons. The van der Waals surface area contributed by atoms with Gasteiger partial charge in [-0.1, -0.05) is 5.16 Å². The third kappa shape index (κ3) is 2.96. The first-order valence-corrected chi connectivity index (χ1v) is 3.62. The van der Waals surface area contributed by atoms with Crippen LogP contribution in [0.15, 0.2) is 5.16 Å². The van der Waals surface area contributed by atoms with Gasteiger partial charge in [0.15, 0.2) is 0 Å². The molecule has 0 fully saturated rings. The van der Waals surface area contributed by atoms with E-state index in [1.165, 1.54) is 7.05 Å². The van der Waals surface area contributed by atoms with E-state index in [-0.39, 0.29) is 0 Å². The van der Waals surface area contributed by atoms with Crippen LogP contribution in [0.3, 0.4) is 0 Å². The largest absolute Gasteiger partial charge is 0.409 e. The van der Waals surface area contributed by atoms with Crippen molar-refractivity contribution in [3.8, 4) is 0 Å². The smallest absolute Gasteiger partial charge is 0.242 e. The highest BCUT2D eigenvalue weighted by atomic mass is 19.2. The van der Waals surface area contributed by atoms with Crippen LogP contribution in [0.5, 0.6) is 0 Å². The molecule has 0 aliphatic carbocycles. The number of hydrogen-bond acceptors (Lipinski definition) is 3. The number of halogens is 2. The summed E-state index contributed by atoms with van der Waals surface area (Å²) in [6, 6.07) is 0. The van der Waals surface area contributed by atoms with Crippen LogP contribution in [0.4, 0.5) is 8.78 Å². The van der Waals surface area contributed by atoms with E-state index in [0.717, 1.165) is 13.8 Å². The van der Waals surface area contributed by atoms with Crippen molar-refractivity contribution in [1.29, 1.82) is 0 Å². The Morgan fingerprint density at radius 1 is 1.62 bits per heavy atom. The average Bonchev–Trinajstić information content (AvgIpc) is 2.01. The highest BCUT2D eigenvalue weighted by Crippen LogP contribution is 2.23. The van der Waals surface area contributed by atoms with Crippen LogP contribution in [-0.4, -0.2) is 29.8 Å². The predicted molar refractivity (Wildman–Crippen MR) is 43.1 cm³/mol. The molecule has 0 saturated carbocycles. The lowest BCUT2D eigenvalue weighted by Gasteiger charge is -2.22. The molecule has 0 heterocycles. The second-order valence-corrected chi connectivity index (χ2v) is 3.03. The van der Waals surface area contributed by atoms with E-state index in [0.29, 0.717) is 0 Å². The zero-order chi connectivity index (χ0) is 10.6. The number of nitrogens with one attached hydrogen (secondary N) is 1. The molecule has 0 rings (SSSR count). The second-order valence-electron chi connectivity index (χ2n) is 3.03. The molecule has 0 aromatic carbocycles. The Kier molecular flexibility index (Phi) is 3.77. The fraction of sp³-hybridized carbons (Fsp3) is 0.714. The van der Waals surface area contributed by atoms with Gasteiger partial charge in [0.2, 0.25) is 11.9 Å². The summed E-state index contributed by atoms with van der Waals surface area (Å²) in [5.41, 5.74) is -2.11. The molecule has 4 nitrogen and oxygen atoms in total. The standard InChI is InChI=1S/C7H12F2N2O2/c1-7(2,9)4(5(8)11-13)6(12)10-3/h4,13H,1-3H3,(H,10,12). The van der Waals surface area contributed by atoms with E-state index in [9.17, 15) is 13.6 Å². The maximum absolute atomic E-state index is 13.2. The van der Waals surface area contributed by atoms with Gasteiger partial charge in [-0.05, 0) is 13.8 Å². The van der Waals surface area contributed by atoms with Gasteiger partial charge in [0.05, 0.1) is 0 Å². The first-order chi connectivity index (χ1) is 5.84. The van der Waals surface area contributed by atoms with E-state index < -0.39 is 23.5 Å². The van der Waals surface area contributed by atoms with Crippen LogP contribution < -0.4 is 5.32 Å². The van der Waals surface area contributed by atoms with Gasteiger partial charge in [-0.15, -0.1) is 0 Å². The van der Waals surface area contributed by atoms with Crippen molar-refractivity contribution in [3.63, 3.8) is 0 Å². The Morgan fingerprint density at radius 3 is 2.31 bits per heavy atom. The van der Waals surface area contributed by atoms with E-state index in [2.05, 4.69) is 10.5 Å².